The molecule has 1 amide bonds. The highest BCUT2D eigenvalue weighted by Crippen LogP contribution is 2.49. The highest BCUT2D eigenvalue weighted by atomic mass is 16.2. The van der Waals surface area contributed by atoms with Crippen LogP contribution in [0.5, 0.6) is 0 Å². The van der Waals surface area contributed by atoms with Crippen molar-refractivity contribution in [2.24, 2.45) is 7.05 Å². The van der Waals surface area contributed by atoms with Crippen LogP contribution in [0.3, 0.4) is 0 Å². The maximum Gasteiger partial charge on any atom is 0.235 e. The number of hydrogen-bond acceptors (Lipinski definition) is 3. The molecule has 1 aliphatic rings. The summed E-state index contributed by atoms with van der Waals surface area (Å²) in [5, 5.41) is 12.5. The molecule has 6 nitrogen and oxygen atoms in total. The Bertz CT molecular complexity index is 1250. The fourth-order valence-corrected chi connectivity index (χ4v) is 3.98. The lowest BCUT2D eigenvalue weighted by molar-refractivity contribution is -0.118. The first kappa shape index (κ1) is 17.9. The van der Waals surface area contributed by atoms with Crippen LogP contribution in [0, 0.1) is 0 Å². The normalized spacial score (nSPS) is 15.7. The van der Waals surface area contributed by atoms with Crippen LogP contribution in [-0.2, 0) is 22.7 Å². The smallest absolute Gasteiger partial charge is 0.235 e. The van der Waals surface area contributed by atoms with E-state index >= 15 is 0 Å². The molecule has 4 aromatic rings. The van der Waals surface area contributed by atoms with Crippen molar-refractivity contribution in [1.82, 2.24) is 20.0 Å². The van der Waals surface area contributed by atoms with Gasteiger partial charge in [0.25, 0.3) is 0 Å². The summed E-state index contributed by atoms with van der Waals surface area (Å²) >= 11 is 0. The van der Waals surface area contributed by atoms with Crippen LogP contribution in [0.4, 0.5) is 5.69 Å². The fraction of sp³-hybridized carbons (Fsp3) is 0.348. The highest BCUT2D eigenvalue weighted by molar-refractivity contribution is 6.03. The predicted octanol–water partition coefficient (Wildman–Crippen LogP) is 4.42. The summed E-state index contributed by atoms with van der Waals surface area (Å²) < 4.78 is 1.75. The van der Waals surface area contributed by atoms with Gasteiger partial charge in [-0.25, -0.2) is 4.68 Å². The maximum atomic E-state index is 13.2. The van der Waals surface area contributed by atoms with Crippen LogP contribution >= 0.6 is 0 Å². The Morgan fingerprint density at radius 2 is 1.93 bits per heavy atom. The monoisotopic (exact) mass is 387 g/mol. The number of anilines is 1. The van der Waals surface area contributed by atoms with Crippen molar-refractivity contribution in [2.75, 3.05) is 5.32 Å². The quantitative estimate of drug-likeness (QED) is 0.546. The summed E-state index contributed by atoms with van der Waals surface area (Å²) in [5.74, 6) is 0.0478. The predicted molar refractivity (Wildman–Crippen MR) is 115 cm³/mol. The van der Waals surface area contributed by atoms with Gasteiger partial charge < -0.3 is 10.3 Å². The van der Waals surface area contributed by atoms with Gasteiger partial charge in [0.05, 0.1) is 10.9 Å². The molecule has 1 aliphatic carbocycles. The van der Waals surface area contributed by atoms with Crippen molar-refractivity contribution in [2.45, 2.75) is 44.4 Å². The van der Waals surface area contributed by atoms with Gasteiger partial charge >= 0.3 is 0 Å². The second kappa shape index (κ2) is 5.92. The molecule has 0 atom stereocenters. The maximum absolute atomic E-state index is 13.2. The molecule has 1 fully saturated rings. The summed E-state index contributed by atoms with van der Waals surface area (Å²) in [6.07, 6.45) is 1.70. The Hall–Kier alpha value is -3.15. The number of amides is 1. The molecule has 0 radical (unpaired) electrons. The van der Waals surface area contributed by atoms with E-state index in [1.54, 1.807) is 4.68 Å². The SMILES string of the molecule is Cn1nnc2cc(C3(C(=O)Nc4ccc5[nH]c(C(C)(C)C)cc5c4)CC3)ccc21. The molecule has 0 aliphatic heterocycles. The molecule has 2 aromatic carbocycles. The molecular weight excluding hydrogens is 362 g/mol. The van der Waals surface area contributed by atoms with E-state index < -0.39 is 5.41 Å². The van der Waals surface area contributed by atoms with Crippen molar-refractivity contribution < 1.29 is 4.79 Å². The van der Waals surface area contributed by atoms with E-state index in [1.165, 1.54) is 5.69 Å². The van der Waals surface area contributed by atoms with Gasteiger partial charge in [0.15, 0.2) is 0 Å². The van der Waals surface area contributed by atoms with E-state index in [0.29, 0.717) is 0 Å². The van der Waals surface area contributed by atoms with Crippen molar-refractivity contribution >= 4 is 33.5 Å². The molecule has 6 heteroatoms. The van der Waals surface area contributed by atoms with Gasteiger partial charge in [-0.1, -0.05) is 32.1 Å². The summed E-state index contributed by atoms with van der Waals surface area (Å²) in [4.78, 5) is 16.7. The average molecular weight is 387 g/mol. The first-order valence-electron chi connectivity index (χ1n) is 10.0. The molecule has 29 heavy (non-hydrogen) atoms. The summed E-state index contributed by atoms with van der Waals surface area (Å²) in [5.41, 5.74) is 5.50. The molecule has 0 spiro atoms. The average Bonchev–Trinajstić information content (AvgIpc) is 3.25. The molecule has 2 heterocycles. The lowest BCUT2D eigenvalue weighted by atomic mass is 9.92. The van der Waals surface area contributed by atoms with Gasteiger partial charge in [-0.2, -0.15) is 0 Å². The third-order valence-corrected chi connectivity index (χ3v) is 6.03. The Morgan fingerprint density at radius 3 is 2.66 bits per heavy atom. The summed E-state index contributed by atoms with van der Waals surface area (Å²) in [7, 11) is 1.87. The number of rotatable bonds is 3. The van der Waals surface area contributed by atoms with E-state index in [-0.39, 0.29) is 11.3 Å². The number of aryl methyl sites for hydroxylation is 1. The van der Waals surface area contributed by atoms with Crippen LogP contribution in [0.15, 0.2) is 42.5 Å². The summed E-state index contributed by atoms with van der Waals surface area (Å²) in [6.45, 7) is 6.56. The molecular formula is C23H25N5O. The molecule has 0 unspecified atom stereocenters. The van der Waals surface area contributed by atoms with E-state index in [2.05, 4.69) is 47.5 Å². The molecule has 5 rings (SSSR count). The molecule has 1 saturated carbocycles. The molecule has 2 aromatic heterocycles. The van der Waals surface area contributed by atoms with E-state index in [0.717, 1.165) is 46.0 Å². The van der Waals surface area contributed by atoms with Crippen LogP contribution < -0.4 is 5.32 Å². The topological polar surface area (TPSA) is 75.6 Å². The fourth-order valence-electron chi connectivity index (χ4n) is 3.98. The number of nitrogens with one attached hydrogen (secondary N) is 2. The van der Waals surface area contributed by atoms with Gasteiger partial charge in [0, 0.05) is 34.7 Å². The van der Waals surface area contributed by atoms with Crippen molar-refractivity contribution in [3.63, 3.8) is 0 Å². The second-order valence-corrected chi connectivity index (χ2v) is 9.19. The number of benzene rings is 2. The first-order chi connectivity index (χ1) is 13.8. The number of aromatic nitrogens is 4. The minimum absolute atomic E-state index is 0.0478. The van der Waals surface area contributed by atoms with Gasteiger partial charge in [-0.3, -0.25) is 4.79 Å². The van der Waals surface area contributed by atoms with Crippen LogP contribution in [-0.4, -0.2) is 25.9 Å². The largest absolute Gasteiger partial charge is 0.358 e. The Balaban J connectivity index is 1.43. The van der Waals surface area contributed by atoms with Crippen LogP contribution in [0.25, 0.3) is 21.9 Å². The minimum atomic E-state index is -0.463. The van der Waals surface area contributed by atoms with E-state index in [1.807, 2.05) is 43.4 Å². The zero-order chi connectivity index (χ0) is 20.4. The third kappa shape index (κ3) is 2.90. The van der Waals surface area contributed by atoms with E-state index in [4.69, 9.17) is 0 Å². The molecule has 2 N–H and O–H groups in total. The lowest BCUT2D eigenvalue weighted by Crippen LogP contribution is -2.27. The van der Waals surface area contributed by atoms with Gasteiger partial charge in [0.1, 0.15) is 5.52 Å². The first-order valence-corrected chi connectivity index (χ1v) is 10.0. The second-order valence-electron chi connectivity index (χ2n) is 9.19. The number of aromatic amines is 1. The lowest BCUT2D eigenvalue weighted by Gasteiger charge is -2.16. The summed E-state index contributed by atoms with van der Waals surface area (Å²) in [6, 6.07) is 14.2. The number of hydrogen-bond donors (Lipinski definition) is 2. The minimum Gasteiger partial charge on any atom is -0.358 e. The zero-order valence-corrected chi connectivity index (χ0v) is 17.2. The Morgan fingerprint density at radius 1 is 1.14 bits per heavy atom. The van der Waals surface area contributed by atoms with E-state index in [9.17, 15) is 4.79 Å². The highest BCUT2D eigenvalue weighted by Gasteiger charge is 2.51. The Kier molecular flexibility index (Phi) is 3.66. The van der Waals surface area contributed by atoms with Gasteiger partial charge in [-0.15, -0.1) is 5.10 Å². The third-order valence-electron chi connectivity index (χ3n) is 6.03. The number of H-pyrrole nitrogens is 1. The Labute approximate surface area is 169 Å². The number of fused-ring (bicyclic) bond motifs is 2. The van der Waals surface area contributed by atoms with Gasteiger partial charge in [0.2, 0.25) is 5.91 Å². The van der Waals surface area contributed by atoms with Crippen molar-refractivity contribution in [1.29, 1.82) is 0 Å². The van der Waals surface area contributed by atoms with Gasteiger partial charge in [-0.05, 0) is 54.8 Å². The number of nitrogens with zero attached hydrogens (tertiary/aromatic N) is 3. The van der Waals surface area contributed by atoms with Crippen LogP contribution in [0.2, 0.25) is 0 Å². The molecule has 0 bridgehead atoms. The molecule has 0 saturated heterocycles. The van der Waals surface area contributed by atoms with Crippen molar-refractivity contribution in [3.05, 3.63) is 53.7 Å². The molecule has 148 valence electrons. The number of carbonyl (C=O) groups is 1. The number of carbonyl (C=O) groups excluding carboxylic acids is 1. The van der Waals surface area contributed by atoms with Crippen LogP contribution in [0.1, 0.15) is 44.9 Å². The zero-order valence-electron chi connectivity index (χ0n) is 17.2. The van der Waals surface area contributed by atoms with Crippen molar-refractivity contribution in [3.8, 4) is 0 Å². The standard InChI is InChI=1S/C23H25N5O/c1-22(2,3)20-12-14-11-16(6-7-17(14)25-20)24-21(29)23(9-10-23)15-5-8-19-18(13-15)26-27-28(19)4/h5-8,11-13,25H,9-10H2,1-4H3,(H,24,29).